The fraction of sp³-hybridized carbons (Fsp3) is 0.0588. The van der Waals surface area contributed by atoms with Gasteiger partial charge in [-0.3, -0.25) is 9.36 Å². The van der Waals surface area contributed by atoms with Crippen molar-refractivity contribution in [2.45, 2.75) is 6.92 Å². The van der Waals surface area contributed by atoms with Gasteiger partial charge in [-0.25, -0.2) is 9.18 Å². The molecule has 5 heteroatoms. The molecule has 0 aliphatic carbocycles. The van der Waals surface area contributed by atoms with Crippen LogP contribution >= 0.6 is 0 Å². The zero-order valence-electron chi connectivity index (χ0n) is 11.7. The number of nitrogens with zero attached hydrogens (tertiary/aromatic N) is 1. The van der Waals surface area contributed by atoms with Gasteiger partial charge in [-0.15, -0.1) is 0 Å². The molecular formula is C17H12FNO3. The maximum absolute atomic E-state index is 13.9. The summed E-state index contributed by atoms with van der Waals surface area (Å²) in [5.41, 5.74) is 0.691. The number of hydrogen-bond donors (Lipinski definition) is 1. The van der Waals surface area contributed by atoms with Crippen molar-refractivity contribution >= 4 is 22.8 Å². The van der Waals surface area contributed by atoms with E-state index in [4.69, 9.17) is 0 Å². The molecule has 1 aromatic heterocycles. The van der Waals surface area contributed by atoms with Crippen LogP contribution in [0.5, 0.6) is 0 Å². The predicted octanol–water partition coefficient (Wildman–Crippen LogP) is 3.48. The number of carboxylic acid groups (broad SMARTS) is 1. The lowest BCUT2D eigenvalue weighted by Gasteiger charge is -2.07. The SMILES string of the molecule is Cc1c(C(=O)O)c2ccccc2n1C(=O)c1ccccc1F. The number of halogens is 1. The molecule has 0 unspecified atom stereocenters. The van der Waals surface area contributed by atoms with E-state index in [9.17, 15) is 19.1 Å². The normalized spacial score (nSPS) is 10.8. The van der Waals surface area contributed by atoms with Crippen LogP contribution in [0.15, 0.2) is 48.5 Å². The Morgan fingerprint density at radius 1 is 1.05 bits per heavy atom. The van der Waals surface area contributed by atoms with Crippen LogP contribution in [0.25, 0.3) is 10.9 Å². The van der Waals surface area contributed by atoms with Gasteiger partial charge in [0, 0.05) is 11.1 Å². The standard InChI is InChI=1S/C17H12FNO3/c1-10-15(17(21)22)12-7-3-5-9-14(12)19(10)16(20)11-6-2-4-8-13(11)18/h2-9H,1H3,(H,21,22). The molecule has 3 rings (SSSR count). The maximum Gasteiger partial charge on any atom is 0.338 e. The van der Waals surface area contributed by atoms with Crippen molar-refractivity contribution < 1.29 is 19.1 Å². The quantitative estimate of drug-likeness (QED) is 0.788. The topological polar surface area (TPSA) is 59.3 Å². The average molecular weight is 297 g/mol. The summed E-state index contributed by atoms with van der Waals surface area (Å²) in [5, 5.41) is 9.84. The first-order valence-corrected chi connectivity index (χ1v) is 6.65. The fourth-order valence-corrected chi connectivity index (χ4v) is 2.65. The Kier molecular flexibility index (Phi) is 3.25. The Morgan fingerprint density at radius 3 is 2.36 bits per heavy atom. The van der Waals surface area contributed by atoms with Crippen LogP contribution in [-0.2, 0) is 0 Å². The molecule has 3 aromatic rings. The summed E-state index contributed by atoms with van der Waals surface area (Å²) in [7, 11) is 0. The first-order valence-electron chi connectivity index (χ1n) is 6.65. The minimum atomic E-state index is -1.12. The number of fused-ring (bicyclic) bond motifs is 1. The number of rotatable bonds is 2. The van der Waals surface area contributed by atoms with E-state index in [2.05, 4.69) is 0 Å². The minimum absolute atomic E-state index is 0.0558. The van der Waals surface area contributed by atoms with Gasteiger partial charge in [0.05, 0.1) is 16.6 Å². The Balaban J connectivity index is 2.32. The lowest BCUT2D eigenvalue weighted by Crippen LogP contribution is -2.15. The van der Waals surface area contributed by atoms with Gasteiger partial charge in [0.25, 0.3) is 5.91 Å². The monoisotopic (exact) mass is 297 g/mol. The molecular weight excluding hydrogens is 285 g/mol. The molecule has 0 saturated heterocycles. The fourth-order valence-electron chi connectivity index (χ4n) is 2.65. The number of carbonyl (C=O) groups excluding carboxylic acids is 1. The van der Waals surface area contributed by atoms with Gasteiger partial charge in [0.1, 0.15) is 5.82 Å². The van der Waals surface area contributed by atoms with Crippen molar-refractivity contribution in [3.63, 3.8) is 0 Å². The number of carboxylic acids is 1. The smallest absolute Gasteiger partial charge is 0.338 e. The van der Waals surface area contributed by atoms with Crippen LogP contribution in [0, 0.1) is 12.7 Å². The highest BCUT2D eigenvalue weighted by Crippen LogP contribution is 2.27. The Bertz CT molecular complexity index is 911. The zero-order chi connectivity index (χ0) is 15.9. The predicted molar refractivity (Wildman–Crippen MR) is 79.8 cm³/mol. The van der Waals surface area contributed by atoms with Crippen LogP contribution < -0.4 is 0 Å². The molecule has 0 aliphatic heterocycles. The summed E-state index contributed by atoms with van der Waals surface area (Å²) in [6.45, 7) is 1.54. The highest BCUT2D eigenvalue weighted by atomic mass is 19.1. The molecule has 2 aromatic carbocycles. The third kappa shape index (κ3) is 1.98. The van der Waals surface area contributed by atoms with Gasteiger partial charge in [0.15, 0.2) is 0 Å². The molecule has 1 heterocycles. The number of hydrogen-bond acceptors (Lipinski definition) is 2. The number of benzene rings is 2. The van der Waals surface area contributed by atoms with Crippen molar-refractivity contribution in [1.29, 1.82) is 0 Å². The van der Waals surface area contributed by atoms with Gasteiger partial charge in [-0.1, -0.05) is 30.3 Å². The van der Waals surface area contributed by atoms with Gasteiger partial charge in [-0.05, 0) is 25.1 Å². The van der Waals surface area contributed by atoms with Gasteiger partial charge < -0.3 is 5.11 Å². The molecule has 1 N–H and O–H groups in total. The molecule has 4 nitrogen and oxygen atoms in total. The largest absolute Gasteiger partial charge is 0.478 e. The first kappa shape index (κ1) is 14.0. The molecule has 0 saturated carbocycles. The summed E-state index contributed by atoms with van der Waals surface area (Å²) >= 11 is 0. The molecule has 0 bridgehead atoms. The second-order valence-corrected chi connectivity index (χ2v) is 4.90. The second-order valence-electron chi connectivity index (χ2n) is 4.90. The van der Waals surface area contributed by atoms with Gasteiger partial charge >= 0.3 is 5.97 Å². The van der Waals surface area contributed by atoms with Gasteiger partial charge in [-0.2, -0.15) is 0 Å². The van der Waals surface area contributed by atoms with E-state index in [1.54, 1.807) is 37.3 Å². The van der Waals surface area contributed by atoms with E-state index >= 15 is 0 Å². The van der Waals surface area contributed by atoms with Crippen molar-refractivity contribution in [3.8, 4) is 0 Å². The minimum Gasteiger partial charge on any atom is -0.478 e. The summed E-state index contributed by atoms with van der Waals surface area (Å²) in [6.07, 6.45) is 0. The summed E-state index contributed by atoms with van der Waals surface area (Å²) in [5.74, 6) is -2.34. The molecule has 0 aliphatic rings. The highest BCUT2D eigenvalue weighted by molar-refractivity contribution is 6.11. The lowest BCUT2D eigenvalue weighted by molar-refractivity contribution is 0.0698. The van der Waals surface area contributed by atoms with E-state index in [1.807, 2.05) is 0 Å². The first-order chi connectivity index (χ1) is 10.5. The van der Waals surface area contributed by atoms with Crippen LogP contribution in [0.4, 0.5) is 4.39 Å². The maximum atomic E-state index is 13.9. The lowest BCUT2D eigenvalue weighted by atomic mass is 10.1. The third-order valence-electron chi connectivity index (χ3n) is 3.63. The van der Waals surface area contributed by atoms with Crippen molar-refractivity contribution in [2.24, 2.45) is 0 Å². The summed E-state index contributed by atoms with van der Waals surface area (Å²) in [6, 6.07) is 12.3. The van der Waals surface area contributed by atoms with E-state index in [-0.39, 0.29) is 16.8 Å². The zero-order valence-corrected chi connectivity index (χ0v) is 11.7. The van der Waals surface area contributed by atoms with Crippen LogP contribution in [0.1, 0.15) is 26.4 Å². The number of aromatic carboxylic acids is 1. The van der Waals surface area contributed by atoms with E-state index < -0.39 is 17.7 Å². The van der Waals surface area contributed by atoms with Crippen molar-refractivity contribution in [3.05, 3.63) is 71.2 Å². The molecule has 22 heavy (non-hydrogen) atoms. The molecule has 0 fully saturated rings. The van der Waals surface area contributed by atoms with E-state index in [0.717, 1.165) is 0 Å². The number of aromatic nitrogens is 1. The van der Waals surface area contributed by atoms with Crippen molar-refractivity contribution in [2.75, 3.05) is 0 Å². The van der Waals surface area contributed by atoms with E-state index in [0.29, 0.717) is 10.9 Å². The molecule has 0 radical (unpaired) electrons. The Hall–Kier alpha value is -2.95. The van der Waals surface area contributed by atoms with Crippen LogP contribution in [0.2, 0.25) is 0 Å². The summed E-state index contributed by atoms with van der Waals surface area (Å²) in [4.78, 5) is 24.1. The number of carbonyl (C=O) groups is 2. The summed E-state index contributed by atoms with van der Waals surface area (Å²) < 4.78 is 15.1. The van der Waals surface area contributed by atoms with Crippen LogP contribution in [-0.4, -0.2) is 21.6 Å². The second kappa shape index (κ2) is 5.11. The van der Waals surface area contributed by atoms with Gasteiger partial charge in [0.2, 0.25) is 0 Å². The molecule has 0 spiro atoms. The molecule has 110 valence electrons. The van der Waals surface area contributed by atoms with E-state index in [1.165, 1.54) is 22.8 Å². The average Bonchev–Trinajstić information content (AvgIpc) is 2.79. The highest BCUT2D eigenvalue weighted by Gasteiger charge is 2.24. The third-order valence-corrected chi connectivity index (χ3v) is 3.63. The van der Waals surface area contributed by atoms with Crippen molar-refractivity contribution in [1.82, 2.24) is 4.57 Å². The number of para-hydroxylation sites is 1. The molecule has 0 atom stereocenters. The Labute approximate surface area is 125 Å². The Morgan fingerprint density at radius 2 is 1.68 bits per heavy atom. The molecule has 0 amide bonds. The van der Waals surface area contributed by atoms with Crippen LogP contribution in [0.3, 0.4) is 0 Å².